The predicted octanol–water partition coefficient (Wildman–Crippen LogP) is 5.02. The zero-order valence-corrected chi connectivity index (χ0v) is 18.9. The second-order valence-electron chi connectivity index (χ2n) is 7.72. The number of aromatic amines is 1. The summed E-state index contributed by atoms with van der Waals surface area (Å²) in [6.45, 7) is 0.837. The van der Waals surface area contributed by atoms with Gasteiger partial charge < -0.3 is 19.8 Å². The van der Waals surface area contributed by atoms with Crippen LogP contribution in [0, 0.1) is 11.3 Å². The van der Waals surface area contributed by atoms with Gasteiger partial charge in [-0.1, -0.05) is 54.6 Å². The van der Waals surface area contributed by atoms with E-state index in [1.54, 1.807) is 31.4 Å². The van der Waals surface area contributed by atoms with E-state index in [1.807, 2.05) is 66.9 Å². The van der Waals surface area contributed by atoms with Crippen molar-refractivity contribution < 1.29 is 14.3 Å². The van der Waals surface area contributed by atoms with E-state index < -0.39 is 5.91 Å². The fourth-order valence-corrected chi connectivity index (χ4v) is 3.69. The van der Waals surface area contributed by atoms with Gasteiger partial charge >= 0.3 is 0 Å². The minimum absolute atomic E-state index is 0.0268. The molecule has 0 bridgehead atoms. The van der Waals surface area contributed by atoms with Gasteiger partial charge in [-0.3, -0.25) is 4.79 Å². The van der Waals surface area contributed by atoms with Gasteiger partial charge in [0, 0.05) is 23.6 Å². The van der Waals surface area contributed by atoms with E-state index in [9.17, 15) is 10.1 Å². The third kappa shape index (κ3) is 5.45. The Morgan fingerprint density at radius 2 is 1.85 bits per heavy atom. The Balaban J connectivity index is 1.39. The minimum atomic E-state index is -0.411. The van der Waals surface area contributed by atoms with Crippen molar-refractivity contribution in [1.29, 1.82) is 5.26 Å². The van der Waals surface area contributed by atoms with E-state index in [1.165, 1.54) is 0 Å². The lowest BCUT2D eigenvalue weighted by molar-refractivity contribution is -0.117. The summed E-state index contributed by atoms with van der Waals surface area (Å²) in [6, 6.07) is 25.2. The fourth-order valence-electron chi connectivity index (χ4n) is 3.69. The van der Waals surface area contributed by atoms with Gasteiger partial charge in [0.05, 0.1) is 7.11 Å². The van der Waals surface area contributed by atoms with E-state index in [0.29, 0.717) is 36.6 Å². The second-order valence-corrected chi connectivity index (χ2v) is 7.72. The number of hydrogen-bond donors (Lipinski definition) is 2. The normalized spacial score (nSPS) is 11.1. The average Bonchev–Trinajstić information content (AvgIpc) is 3.30. The van der Waals surface area contributed by atoms with E-state index in [-0.39, 0.29) is 5.57 Å². The number of methoxy groups -OCH3 is 1. The van der Waals surface area contributed by atoms with Crippen LogP contribution in [-0.4, -0.2) is 24.5 Å². The molecule has 0 unspecified atom stereocenters. The summed E-state index contributed by atoms with van der Waals surface area (Å²) in [5.74, 6) is 0.706. The second kappa shape index (κ2) is 10.9. The van der Waals surface area contributed by atoms with Crippen LogP contribution in [0.1, 0.15) is 16.7 Å². The van der Waals surface area contributed by atoms with Crippen molar-refractivity contribution >= 4 is 22.9 Å². The fraction of sp³-hybridized carbons (Fsp3) is 0.143. The van der Waals surface area contributed by atoms with Crippen molar-refractivity contribution in [3.05, 3.63) is 101 Å². The van der Waals surface area contributed by atoms with E-state index >= 15 is 0 Å². The van der Waals surface area contributed by atoms with Gasteiger partial charge in [0.1, 0.15) is 18.2 Å². The minimum Gasteiger partial charge on any atom is -0.493 e. The molecule has 0 radical (unpaired) electrons. The third-order valence-corrected chi connectivity index (χ3v) is 5.46. The number of nitrogens with zero attached hydrogens (tertiary/aromatic N) is 1. The molecule has 1 aromatic heterocycles. The molecule has 34 heavy (non-hydrogen) atoms. The first kappa shape index (κ1) is 22.7. The maximum Gasteiger partial charge on any atom is 0.261 e. The summed E-state index contributed by atoms with van der Waals surface area (Å²) < 4.78 is 11.3. The van der Waals surface area contributed by atoms with Crippen molar-refractivity contribution in [3.63, 3.8) is 0 Å². The average molecular weight is 452 g/mol. The molecule has 0 saturated carbocycles. The molecule has 0 atom stereocenters. The zero-order chi connectivity index (χ0) is 23.8. The highest BCUT2D eigenvalue weighted by molar-refractivity contribution is 6.01. The van der Waals surface area contributed by atoms with Crippen LogP contribution >= 0.6 is 0 Å². The molecule has 2 N–H and O–H groups in total. The van der Waals surface area contributed by atoms with Gasteiger partial charge in [0.25, 0.3) is 5.91 Å². The number of fused-ring (bicyclic) bond motifs is 1. The molecule has 0 fully saturated rings. The number of nitrogens with one attached hydrogen (secondary N) is 2. The zero-order valence-electron chi connectivity index (χ0n) is 18.9. The molecule has 0 saturated heterocycles. The van der Waals surface area contributed by atoms with Crippen LogP contribution in [0.3, 0.4) is 0 Å². The molecule has 0 aliphatic carbocycles. The molecule has 1 amide bonds. The molecule has 6 heteroatoms. The lowest BCUT2D eigenvalue weighted by atomic mass is 10.1. The van der Waals surface area contributed by atoms with Crippen molar-refractivity contribution in [2.24, 2.45) is 0 Å². The Labute approximate surface area is 198 Å². The van der Waals surface area contributed by atoms with Crippen molar-refractivity contribution in [2.75, 3.05) is 13.7 Å². The van der Waals surface area contributed by atoms with Gasteiger partial charge in [0.2, 0.25) is 0 Å². The van der Waals surface area contributed by atoms with Crippen molar-refractivity contribution in [3.8, 4) is 17.6 Å². The number of ether oxygens (including phenoxy) is 2. The number of aromatic nitrogens is 1. The molecule has 3 aromatic carbocycles. The number of nitriles is 1. The summed E-state index contributed by atoms with van der Waals surface area (Å²) >= 11 is 0. The Morgan fingerprint density at radius 3 is 2.65 bits per heavy atom. The molecule has 1 heterocycles. The number of hydrogen-bond acceptors (Lipinski definition) is 4. The first-order valence-electron chi connectivity index (χ1n) is 11.0. The molecule has 0 spiro atoms. The summed E-state index contributed by atoms with van der Waals surface area (Å²) in [4.78, 5) is 15.8. The topological polar surface area (TPSA) is 87.1 Å². The van der Waals surface area contributed by atoms with E-state index in [4.69, 9.17) is 9.47 Å². The highest BCUT2D eigenvalue weighted by atomic mass is 16.5. The number of para-hydroxylation sites is 1. The molecule has 4 aromatic rings. The molecular weight excluding hydrogens is 426 g/mol. The molecule has 6 nitrogen and oxygen atoms in total. The predicted molar refractivity (Wildman–Crippen MR) is 132 cm³/mol. The van der Waals surface area contributed by atoms with Gasteiger partial charge in [-0.15, -0.1) is 0 Å². The molecule has 4 rings (SSSR count). The maximum atomic E-state index is 12.6. The Hall–Kier alpha value is -4.50. The van der Waals surface area contributed by atoms with Crippen LogP contribution in [0.2, 0.25) is 0 Å². The summed E-state index contributed by atoms with van der Waals surface area (Å²) in [5, 5.41) is 13.5. The van der Waals surface area contributed by atoms with Gasteiger partial charge in [0.15, 0.2) is 11.5 Å². The monoisotopic (exact) mass is 451 g/mol. The molecular formula is C28H25N3O3. The van der Waals surface area contributed by atoms with Gasteiger partial charge in [-0.05, 0) is 47.4 Å². The summed E-state index contributed by atoms with van der Waals surface area (Å²) in [6.07, 6.45) is 4.16. The number of carbonyl (C=O) groups is 1. The quantitative estimate of drug-likeness (QED) is 0.276. The molecule has 170 valence electrons. The summed E-state index contributed by atoms with van der Waals surface area (Å²) in [7, 11) is 1.56. The van der Waals surface area contributed by atoms with Crippen LogP contribution in [0.15, 0.2) is 84.6 Å². The number of H-pyrrole nitrogens is 1. The first-order valence-corrected chi connectivity index (χ1v) is 11.0. The van der Waals surface area contributed by atoms with Crippen LogP contribution in [-0.2, 0) is 17.8 Å². The number of benzene rings is 3. The molecule has 0 aliphatic heterocycles. The Kier molecular flexibility index (Phi) is 7.26. The smallest absolute Gasteiger partial charge is 0.261 e. The van der Waals surface area contributed by atoms with E-state index in [0.717, 1.165) is 22.0 Å². The SMILES string of the molecule is COc1cc(/C=C(/C#N)C(=O)NCCc2c[nH]c3ccccc23)ccc1OCc1ccccc1. The van der Waals surface area contributed by atoms with Crippen molar-refractivity contribution in [1.82, 2.24) is 10.3 Å². The van der Waals surface area contributed by atoms with Gasteiger partial charge in [-0.2, -0.15) is 5.26 Å². The largest absolute Gasteiger partial charge is 0.493 e. The van der Waals surface area contributed by atoms with Crippen LogP contribution in [0.25, 0.3) is 17.0 Å². The number of carbonyl (C=O) groups excluding carboxylic acids is 1. The number of rotatable bonds is 9. The lowest BCUT2D eigenvalue weighted by Gasteiger charge is -2.11. The highest BCUT2D eigenvalue weighted by Gasteiger charge is 2.11. The Bertz CT molecular complexity index is 1350. The van der Waals surface area contributed by atoms with Crippen molar-refractivity contribution in [2.45, 2.75) is 13.0 Å². The maximum absolute atomic E-state index is 12.6. The van der Waals surface area contributed by atoms with Crippen LogP contribution in [0.4, 0.5) is 0 Å². The molecule has 0 aliphatic rings. The van der Waals surface area contributed by atoms with Crippen LogP contribution in [0.5, 0.6) is 11.5 Å². The Morgan fingerprint density at radius 1 is 1.06 bits per heavy atom. The lowest BCUT2D eigenvalue weighted by Crippen LogP contribution is -2.26. The van der Waals surface area contributed by atoms with E-state index in [2.05, 4.69) is 10.3 Å². The van der Waals surface area contributed by atoms with Gasteiger partial charge in [-0.25, -0.2) is 0 Å². The highest BCUT2D eigenvalue weighted by Crippen LogP contribution is 2.29. The summed E-state index contributed by atoms with van der Waals surface area (Å²) in [5.41, 5.74) is 3.93. The third-order valence-electron chi connectivity index (χ3n) is 5.46. The first-order chi connectivity index (χ1) is 16.7. The number of amides is 1. The standard InChI is InChI=1S/C28H25N3O3/c1-33-27-16-21(11-12-26(27)34-19-20-7-3-2-4-8-20)15-23(17-29)28(32)30-14-13-22-18-31-25-10-6-5-9-24(22)25/h2-12,15-16,18,31H,13-14,19H2,1H3,(H,30,32)/b23-15-. The van der Waals surface area contributed by atoms with Crippen LogP contribution < -0.4 is 14.8 Å².